The standard InChI is InChI=1S/C10H20N2/c1-12-7-3-4-8-9(11)5-2-6-10(8)12/h8-10H,2-7,11H2,1H3. The molecule has 3 unspecified atom stereocenters. The minimum atomic E-state index is 0.492. The maximum atomic E-state index is 6.12. The van der Waals surface area contributed by atoms with Gasteiger partial charge in [-0.3, -0.25) is 0 Å². The summed E-state index contributed by atoms with van der Waals surface area (Å²) in [7, 11) is 2.26. The Bertz CT molecular complexity index is 140. The van der Waals surface area contributed by atoms with Gasteiger partial charge in [0.25, 0.3) is 0 Å². The molecule has 0 aromatic rings. The molecule has 0 bridgehead atoms. The van der Waals surface area contributed by atoms with Gasteiger partial charge in [-0.25, -0.2) is 0 Å². The summed E-state index contributed by atoms with van der Waals surface area (Å²) in [4.78, 5) is 2.52. The zero-order chi connectivity index (χ0) is 8.55. The fourth-order valence-electron chi connectivity index (χ4n) is 2.97. The molecule has 1 saturated carbocycles. The molecule has 2 N–H and O–H groups in total. The number of nitrogens with two attached hydrogens (primary N) is 1. The van der Waals surface area contributed by atoms with Gasteiger partial charge in [0.15, 0.2) is 0 Å². The van der Waals surface area contributed by atoms with Crippen molar-refractivity contribution in [3.63, 3.8) is 0 Å². The smallest absolute Gasteiger partial charge is 0.0135 e. The predicted octanol–water partition coefficient (Wildman–Crippen LogP) is 1.21. The lowest BCUT2D eigenvalue weighted by atomic mass is 9.75. The van der Waals surface area contributed by atoms with Gasteiger partial charge in [-0.2, -0.15) is 0 Å². The van der Waals surface area contributed by atoms with Gasteiger partial charge in [0.1, 0.15) is 0 Å². The maximum absolute atomic E-state index is 6.12. The van der Waals surface area contributed by atoms with Crippen LogP contribution in [0.1, 0.15) is 32.1 Å². The van der Waals surface area contributed by atoms with Crippen LogP contribution in [0.3, 0.4) is 0 Å². The van der Waals surface area contributed by atoms with Crippen LogP contribution in [0.25, 0.3) is 0 Å². The van der Waals surface area contributed by atoms with Gasteiger partial charge >= 0.3 is 0 Å². The van der Waals surface area contributed by atoms with Crippen molar-refractivity contribution in [2.45, 2.75) is 44.2 Å². The van der Waals surface area contributed by atoms with Crippen LogP contribution in [-0.2, 0) is 0 Å². The van der Waals surface area contributed by atoms with E-state index in [1.165, 1.54) is 38.6 Å². The topological polar surface area (TPSA) is 29.3 Å². The van der Waals surface area contributed by atoms with Crippen LogP contribution < -0.4 is 5.73 Å². The van der Waals surface area contributed by atoms with Crippen LogP contribution in [0.15, 0.2) is 0 Å². The van der Waals surface area contributed by atoms with Crippen LogP contribution in [-0.4, -0.2) is 30.6 Å². The summed E-state index contributed by atoms with van der Waals surface area (Å²) in [5, 5.41) is 0. The maximum Gasteiger partial charge on any atom is 0.0135 e. The van der Waals surface area contributed by atoms with Gasteiger partial charge in [-0.15, -0.1) is 0 Å². The fraction of sp³-hybridized carbons (Fsp3) is 1.00. The van der Waals surface area contributed by atoms with Crippen molar-refractivity contribution < 1.29 is 0 Å². The minimum Gasteiger partial charge on any atom is -0.327 e. The van der Waals surface area contributed by atoms with Gasteiger partial charge in [-0.05, 0) is 45.2 Å². The van der Waals surface area contributed by atoms with Gasteiger partial charge < -0.3 is 10.6 Å². The third-order valence-corrected chi connectivity index (χ3v) is 3.70. The predicted molar refractivity (Wildman–Crippen MR) is 51.0 cm³/mol. The normalized spacial score (nSPS) is 44.0. The van der Waals surface area contributed by atoms with Crippen molar-refractivity contribution in [2.75, 3.05) is 13.6 Å². The Kier molecular flexibility index (Phi) is 2.37. The Morgan fingerprint density at radius 2 is 2.00 bits per heavy atom. The lowest BCUT2D eigenvalue weighted by molar-refractivity contribution is 0.0703. The zero-order valence-electron chi connectivity index (χ0n) is 8.00. The fourth-order valence-corrected chi connectivity index (χ4v) is 2.97. The van der Waals surface area contributed by atoms with Gasteiger partial charge in [0, 0.05) is 12.1 Å². The molecule has 0 amide bonds. The highest BCUT2D eigenvalue weighted by atomic mass is 15.1. The summed E-state index contributed by atoms with van der Waals surface area (Å²) in [5.74, 6) is 0.803. The van der Waals surface area contributed by atoms with Crippen LogP contribution in [0, 0.1) is 5.92 Å². The second-order valence-corrected chi connectivity index (χ2v) is 4.45. The van der Waals surface area contributed by atoms with Crippen molar-refractivity contribution in [3.8, 4) is 0 Å². The highest BCUT2D eigenvalue weighted by Gasteiger charge is 2.35. The Labute approximate surface area is 75.1 Å². The zero-order valence-corrected chi connectivity index (χ0v) is 8.00. The molecule has 0 aromatic carbocycles. The SMILES string of the molecule is CN1CCCC2C(N)CCCC21. The second kappa shape index (κ2) is 3.35. The van der Waals surface area contributed by atoms with Crippen molar-refractivity contribution in [3.05, 3.63) is 0 Å². The van der Waals surface area contributed by atoms with Crippen LogP contribution in [0.2, 0.25) is 0 Å². The Balaban J connectivity index is 2.05. The molecule has 1 heterocycles. The average Bonchev–Trinajstić information content (AvgIpc) is 2.07. The molecule has 0 spiro atoms. The van der Waals surface area contributed by atoms with Crippen LogP contribution >= 0.6 is 0 Å². The van der Waals surface area contributed by atoms with Gasteiger partial charge in [-0.1, -0.05) is 6.42 Å². The summed E-state index contributed by atoms with van der Waals surface area (Å²) >= 11 is 0. The van der Waals surface area contributed by atoms with Crippen molar-refractivity contribution >= 4 is 0 Å². The Hall–Kier alpha value is -0.0800. The molecule has 1 aliphatic heterocycles. The molecule has 12 heavy (non-hydrogen) atoms. The first-order chi connectivity index (χ1) is 5.79. The first-order valence-electron chi connectivity index (χ1n) is 5.25. The lowest BCUT2D eigenvalue weighted by Gasteiger charge is -2.45. The minimum absolute atomic E-state index is 0.492. The monoisotopic (exact) mass is 168 g/mol. The molecule has 1 aliphatic carbocycles. The van der Waals surface area contributed by atoms with Gasteiger partial charge in [0.05, 0.1) is 0 Å². The lowest BCUT2D eigenvalue weighted by Crippen LogP contribution is -2.52. The van der Waals surface area contributed by atoms with E-state index in [0.29, 0.717) is 6.04 Å². The van der Waals surface area contributed by atoms with Gasteiger partial charge in [0.2, 0.25) is 0 Å². The number of rotatable bonds is 0. The molecule has 2 rings (SSSR count). The molecular weight excluding hydrogens is 148 g/mol. The highest BCUT2D eigenvalue weighted by Crippen LogP contribution is 2.33. The van der Waals surface area contributed by atoms with E-state index in [9.17, 15) is 0 Å². The third-order valence-electron chi connectivity index (χ3n) is 3.70. The number of fused-ring (bicyclic) bond motifs is 1. The van der Waals surface area contributed by atoms with E-state index in [1.54, 1.807) is 0 Å². The first kappa shape index (κ1) is 8.52. The molecule has 2 heteroatoms. The van der Waals surface area contributed by atoms with Crippen molar-refractivity contribution in [1.82, 2.24) is 4.90 Å². The molecule has 3 atom stereocenters. The van der Waals surface area contributed by atoms with Crippen molar-refractivity contribution in [2.24, 2.45) is 11.7 Å². The second-order valence-electron chi connectivity index (χ2n) is 4.45. The molecule has 2 nitrogen and oxygen atoms in total. The number of likely N-dealkylation sites (tertiary alicyclic amines) is 1. The van der Waals surface area contributed by atoms with Crippen LogP contribution in [0.5, 0.6) is 0 Å². The summed E-state index contributed by atoms with van der Waals surface area (Å²) in [5.41, 5.74) is 6.12. The van der Waals surface area contributed by atoms with E-state index < -0.39 is 0 Å². The summed E-state index contributed by atoms with van der Waals surface area (Å²) in [6.45, 7) is 1.29. The van der Waals surface area contributed by atoms with E-state index in [1.807, 2.05) is 0 Å². The molecule has 2 fully saturated rings. The molecule has 2 aliphatic rings. The molecule has 70 valence electrons. The molecule has 0 radical (unpaired) electrons. The van der Waals surface area contributed by atoms with Crippen molar-refractivity contribution in [1.29, 1.82) is 0 Å². The molecule has 0 aromatic heterocycles. The third kappa shape index (κ3) is 1.38. The quantitative estimate of drug-likeness (QED) is 0.589. The van der Waals surface area contributed by atoms with E-state index in [0.717, 1.165) is 12.0 Å². The number of piperidine rings is 1. The first-order valence-corrected chi connectivity index (χ1v) is 5.25. The van der Waals surface area contributed by atoms with E-state index in [-0.39, 0.29) is 0 Å². The Morgan fingerprint density at radius 3 is 2.75 bits per heavy atom. The number of hydrogen-bond donors (Lipinski definition) is 1. The highest BCUT2D eigenvalue weighted by molar-refractivity contribution is 4.92. The Morgan fingerprint density at radius 1 is 1.17 bits per heavy atom. The van der Waals surface area contributed by atoms with E-state index in [4.69, 9.17) is 5.73 Å². The summed E-state index contributed by atoms with van der Waals surface area (Å²) in [6, 6.07) is 1.30. The van der Waals surface area contributed by atoms with E-state index >= 15 is 0 Å². The van der Waals surface area contributed by atoms with Crippen LogP contribution in [0.4, 0.5) is 0 Å². The molecule has 1 saturated heterocycles. The largest absolute Gasteiger partial charge is 0.327 e. The number of hydrogen-bond acceptors (Lipinski definition) is 2. The summed E-state index contributed by atoms with van der Waals surface area (Å²) in [6.07, 6.45) is 6.71. The number of nitrogens with zero attached hydrogens (tertiary/aromatic N) is 1. The average molecular weight is 168 g/mol. The van der Waals surface area contributed by atoms with E-state index in [2.05, 4.69) is 11.9 Å². The summed E-state index contributed by atoms with van der Waals surface area (Å²) < 4.78 is 0. The molecular formula is C10H20N2.